The molecule has 0 bridgehead atoms. The van der Waals surface area contributed by atoms with Gasteiger partial charge in [-0.2, -0.15) is 0 Å². The zero-order valence-electron chi connectivity index (χ0n) is 15.4. The van der Waals surface area contributed by atoms with E-state index >= 15 is 0 Å². The summed E-state index contributed by atoms with van der Waals surface area (Å²) in [6.07, 6.45) is 10.1. The van der Waals surface area contributed by atoms with Gasteiger partial charge < -0.3 is 14.9 Å². The Morgan fingerprint density at radius 1 is 1.26 bits per heavy atom. The largest absolute Gasteiger partial charge is 0.389 e. The van der Waals surface area contributed by atoms with Crippen LogP contribution in [0.1, 0.15) is 66.7 Å². The number of ether oxygens (including phenoxy) is 1. The van der Waals surface area contributed by atoms with Crippen LogP contribution >= 0.6 is 0 Å². The fourth-order valence-electron chi connectivity index (χ4n) is 3.63. The molecular weight excluding hydrogens is 288 g/mol. The first-order chi connectivity index (χ1) is 10.6. The Kier molecular flexibility index (Phi) is 5.76. The van der Waals surface area contributed by atoms with Gasteiger partial charge in [-0.25, -0.2) is 0 Å². The number of aliphatic hydroxyl groups excluding tert-OH is 1. The van der Waals surface area contributed by atoms with Crippen LogP contribution in [0.25, 0.3) is 0 Å². The van der Waals surface area contributed by atoms with Gasteiger partial charge in [-0.3, -0.25) is 0 Å². The van der Waals surface area contributed by atoms with Crippen LogP contribution in [0.4, 0.5) is 0 Å². The maximum atomic E-state index is 10.6. The second kappa shape index (κ2) is 7.08. The van der Waals surface area contributed by atoms with Crippen molar-refractivity contribution in [3.8, 4) is 0 Å². The first kappa shape index (κ1) is 18.7. The molecule has 0 aromatic carbocycles. The summed E-state index contributed by atoms with van der Waals surface area (Å²) in [6, 6.07) is 0. The molecule has 0 saturated carbocycles. The van der Waals surface area contributed by atoms with Crippen molar-refractivity contribution >= 4 is 0 Å². The lowest BCUT2D eigenvalue weighted by molar-refractivity contribution is 0.0564. The second-order valence-electron chi connectivity index (χ2n) is 8.41. The molecule has 2 aliphatic rings. The van der Waals surface area contributed by atoms with Crippen LogP contribution in [-0.4, -0.2) is 33.6 Å². The molecule has 132 valence electrons. The van der Waals surface area contributed by atoms with E-state index in [1.807, 2.05) is 19.1 Å². The normalized spacial score (nSPS) is 46.4. The van der Waals surface area contributed by atoms with Gasteiger partial charge in [0.15, 0.2) is 0 Å². The number of hydrogen-bond donors (Lipinski definition) is 2. The van der Waals surface area contributed by atoms with E-state index in [9.17, 15) is 10.2 Å². The minimum atomic E-state index is -0.976. The summed E-state index contributed by atoms with van der Waals surface area (Å²) in [7, 11) is 0. The minimum Gasteiger partial charge on any atom is -0.389 e. The highest BCUT2D eigenvalue weighted by molar-refractivity contribution is 5.10. The number of aliphatic hydroxyl groups is 2. The first-order valence-corrected chi connectivity index (χ1v) is 9.06. The van der Waals surface area contributed by atoms with E-state index in [1.165, 1.54) is 5.57 Å². The highest BCUT2D eigenvalue weighted by atomic mass is 16.6. The van der Waals surface area contributed by atoms with E-state index in [1.54, 1.807) is 6.92 Å². The van der Waals surface area contributed by atoms with Crippen LogP contribution in [-0.2, 0) is 4.74 Å². The minimum absolute atomic E-state index is 0.0203. The van der Waals surface area contributed by atoms with Gasteiger partial charge in [0.05, 0.1) is 23.4 Å². The number of epoxide rings is 1. The first-order valence-electron chi connectivity index (χ1n) is 9.06. The van der Waals surface area contributed by atoms with E-state index in [0.29, 0.717) is 24.4 Å². The van der Waals surface area contributed by atoms with Crippen molar-refractivity contribution in [1.29, 1.82) is 0 Å². The Labute approximate surface area is 141 Å². The zero-order chi connectivity index (χ0) is 17.3. The number of rotatable bonds is 1. The molecule has 1 aliphatic carbocycles. The maximum Gasteiger partial charge on any atom is 0.0920 e. The Morgan fingerprint density at radius 2 is 1.96 bits per heavy atom. The molecule has 1 aliphatic heterocycles. The zero-order valence-corrected chi connectivity index (χ0v) is 15.4. The summed E-state index contributed by atoms with van der Waals surface area (Å²) >= 11 is 0. The molecule has 0 spiro atoms. The summed E-state index contributed by atoms with van der Waals surface area (Å²) in [5.41, 5.74) is 0.218. The van der Waals surface area contributed by atoms with E-state index in [-0.39, 0.29) is 5.60 Å². The highest BCUT2D eigenvalue weighted by Gasteiger charge is 2.51. The van der Waals surface area contributed by atoms with Gasteiger partial charge in [0.25, 0.3) is 0 Å². The van der Waals surface area contributed by atoms with Gasteiger partial charge in [-0.1, -0.05) is 37.6 Å². The molecule has 1 saturated heterocycles. The fourth-order valence-corrected chi connectivity index (χ4v) is 3.63. The molecule has 2 rings (SSSR count). The third-order valence-electron chi connectivity index (χ3n) is 5.47. The Bertz CT molecular complexity index is 464. The molecule has 0 amide bonds. The van der Waals surface area contributed by atoms with Crippen molar-refractivity contribution < 1.29 is 14.9 Å². The van der Waals surface area contributed by atoms with E-state index in [2.05, 4.69) is 26.8 Å². The lowest BCUT2D eigenvalue weighted by Gasteiger charge is -2.24. The maximum absolute atomic E-state index is 10.6. The Balaban J connectivity index is 2.17. The predicted molar refractivity (Wildman–Crippen MR) is 94.2 cm³/mol. The van der Waals surface area contributed by atoms with Gasteiger partial charge in [0.1, 0.15) is 0 Å². The van der Waals surface area contributed by atoms with Crippen molar-refractivity contribution in [2.45, 2.75) is 90.1 Å². The van der Waals surface area contributed by atoms with Gasteiger partial charge >= 0.3 is 0 Å². The summed E-state index contributed by atoms with van der Waals surface area (Å²) in [6.45, 7) is 10.5. The van der Waals surface area contributed by atoms with Crippen LogP contribution in [0, 0.1) is 11.8 Å². The molecule has 0 aromatic rings. The number of hydrogen-bond acceptors (Lipinski definition) is 3. The van der Waals surface area contributed by atoms with Crippen LogP contribution in [0.2, 0.25) is 0 Å². The molecular formula is C20H34O3. The molecule has 2 N–H and O–H groups in total. The molecule has 3 heteroatoms. The topological polar surface area (TPSA) is 53.0 Å². The highest BCUT2D eigenvalue weighted by Crippen LogP contribution is 2.44. The molecule has 23 heavy (non-hydrogen) atoms. The summed E-state index contributed by atoms with van der Waals surface area (Å²) in [5.74, 6) is 0.961. The summed E-state index contributed by atoms with van der Waals surface area (Å²) in [4.78, 5) is 0. The van der Waals surface area contributed by atoms with Gasteiger partial charge in [-0.15, -0.1) is 0 Å². The second-order valence-corrected chi connectivity index (χ2v) is 8.41. The van der Waals surface area contributed by atoms with Crippen LogP contribution in [0.3, 0.4) is 0 Å². The van der Waals surface area contributed by atoms with Gasteiger partial charge in [0.2, 0.25) is 0 Å². The Morgan fingerprint density at radius 3 is 2.61 bits per heavy atom. The molecule has 0 radical (unpaired) electrons. The molecule has 5 atom stereocenters. The lowest BCUT2D eigenvalue weighted by Crippen LogP contribution is -2.27. The van der Waals surface area contributed by atoms with E-state index in [4.69, 9.17) is 4.74 Å². The summed E-state index contributed by atoms with van der Waals surface area (Å²) in [5, 5.41) is 20.8. The van der Waals surface area contributed by atoms with Gasteiger partial charge in [0, 0.05) is 6.42 Å². The monoisotopic (exact) mass is 322 g/mol. The van der Waals surface area contributed by atoms with Crippen molar-refractivity contribution in [2.75, 3.05) is 0 Å². The van der Waals surface area contributed by atoms with E-state index < -0.39 is 11.7 Å². The average Bonchev–Trinajstić information content (AvgIpc) is 3.05. The molecule has 0 aromatic heterocycles. The standard InChI is InChI=1S/C20H34O3/c1-14(2)16-8-10-19(4,22)13-17(21)12-15(3)6-7-18-20(5,23-18)11-9-16/h8,10,12,14,16-18,21-22H,6-7,9,11,13H2,1-5H3/b10-8+,15-12+/t16-,17+,18-,19+,20-/m0/s1. The average molecular weight is 322 g/mol. The van der Waals surface area contributed by atoms with Gasteiger partial charge in [-0.05, 0) is 58.3 Å². The van der Waals surface area contributed by atoms with Crippen LogP contribution < -0.4 is 0 Å². The van der Waals surface area contributed by atoms with Crippen LogP contribution in [0.5, 0.6) is 0 Å². The van der Waals surface area contributed by atoms with Crippen molar-refractivity contribution in [3.63, 3.8) is 0 Å². The smallest absolute Gasteiger partial charge is 0.0920 e. The predicted octanol–water partition coefficient (Wildman–Crippen LogP) is 3.99. The van der Waals surface area contributed by atoms with Crippen molar-refractivity contribution in [1.82, 2.24) is 0 Å². The third-order valence-corrected chi connectivity index (χ3v) is 5.47. The number of fused-ring (bicyclic) bond motifs is 1. The Hall–Kier alpha value is -0.640. The molecule has 3 nitrogen and oxygen atoms in total. The molecule has 1 heterocycles. The third kappa shape index (κ3) is 5.44. The lowest BCUT2D eigenvalue weighted by atomic mass is 9.84. The fraction of sp³-hybridized carbons (Fsp3) is 0.800. The van der Waals surface area contributed by atoms with Crippen molar-refractivity contribution in [2.24, 2.45) is 11.8 Å². The number of allylic oxidation sites excluding steroid dienone is 2. The SMILES string of the molecule is C/C1=C\[C@@H](O)C[C@](C)(O)/C=C/[C@H](C(C)C)CC[C@]2(C)O[C@H]2CC1. The molecule has 1 fully saturated rings. The van der Waals surface area contributed by atoms with Crippen molar-refractivity contribution in [3.05, 3.63) is 23.8 Å². The molecule has 0 unspecified atom stereocenters. The van der Waals surface area contributed by atoms with Crippen LogP contribution in [0.15, 0.2) is 23.8 Å². The summed E-state index contributed by atoms with van der Waals surface area (Å²) < 4.78 is 5.96. The quantitative estimate of drug-likeness (QED) is 0.567. The van der Waals surface area contributed by atoms with E-state index in [0.717, 1.165) is 25.7 Å².